The van der Waals surface area contributed by atoms with E-state index in [1.54, 1.807) is 0 Å². The molecule has 0 aliphatic heterocycles. The van der Waals surface area contributed by atoms with Gasteiger partial charge in [-0.1, -0.05) is 18.2 Å². The summed E-state index contributed by atoms with van der Waals surface area (Å²) in [6.07, 6.45) is 1.84. The fourth-order valence-corrected chi connectivity index (χ4v) is 1.78. The molecule has 0 radical (unpaired) electrons. The lowest BCUT2D eigenvalue weighted by atomic mass is 10.1. The minimum absolute atomic E-state index is 0.325. The number of aromatic nitrogens is 1. The van der Waals surface area contributed by atoms with Crippen molar-refractivity contribution in [3.05, 3.63) is 36.5 Å². The molecule has 0 aliphatic carbocycles. The molecule has 0 amide bonds. The zero-order valence-corrected chi connectivity index (χ0v) is 9.72. The van der Waals surface area contributed by atoms with E-state index in [2.05, 4.69) is 29.9 Å². The number of likely N-dealkylation sites (N-methyl/N-ethyl adjacent to an activating group) is 1. The van der Waals surface area contributed by atoms with Gasteiger partial charge in [-0.25, -0.2) is 0 Å². The van der Waals surface area contributed by atoms with E-state index < -0.39 is 0 Å². The molecule has 3 heteroatoms. The fraction of sp³-hybridized carbons (Fsp3) is 0.308. The van der Waals surface area contributed by atoms with E-state index in [9.17, 15) is 0 Å². The minimum Gasteiger partial charge on any atom is -0.370 e. The van der Waals surface area contributed by atoms with Crippen molar-refractivity contribution in [1.82, 2.24) is 4.98 Å². The maximum Gasteiger partial charge on any atom is 0.0722 e. The van der Waals surface area contributed by atoms with Crippen molar-refractivity contribution in [3.8, 4) is 0 Å². The summed E-state index contributed by atoms with van der Waals surface area (Å²) in [5, 5.41) is 1.17. The molecule has 1 aromatic heterocycles. The van der Waals surface area contributed by atoms with Crippen molar-refractivity contribution < 1.29 is 0 Å². The van der Waals surface area contributed by atoms with Gasteiger partial charge < -0.3 is 10.6 Å². The molecule has 1 aromatic carbocycles. The predicted molar refractivity (Wildman–Crippen MR) is 68.7 cm³/mol. The number of pyridine rings is 1. The van der Waals surface area contributed by atoms with E-state index in [1.165, 1.54) is 11.1 Å². The molecule has 0 saturated heterocycles. The number of hydrogen-bond acceptors (Lipinski definition) is 3. The summed E-state index contributed by atoms with van der Waals surface area (Å²) in [6, 6.07) is 10.5. The molecule has 0 fully saturated rings. The molecule has 1 heterocycles. The molecule has 84 valence electrons. The Bertz CT molecular complexity index is 476. The third-order valence-corrected chi connectivity index (χ3v) is 3.01. The first-order chi connectivity index (χ1) is 7.74. The Kier molecular flexibility index (Phi) is 3.06. The standard InChI is InChI=1S/C13H17N3/c1-10(9-14)16(2)13-7-8-15-12-6-4-3-5-11(12)13/h3-8,10H,9,14H2,1-2H3. The summed E-state index contributed by atoms with van der Waals surface area (Å²) in [4.78, 5) is 6.55. The van der Waals surface area contributed by atoms with Gasteiger partial charge in [0.15, 0.2) is 0 Å². The quantitative estimate of drug-likeness (QED) is 0.851. The van der Waals surface area contributed by atoms with Gasteiger partial charge in [0.25, 0.3) is 0 Å². The second-order valence-corrected chi connectivity index (χ2v) is 4.04. The van der Waals surface area contributed by atoms with Gasteiger partial charge in [-0.2, -0.15) is 0 Å². The molecule has 0 aliphatic rings. The molecule has 3 nitrogen and oxygen atoms in total. The molecule has 0 spiro atoms. The molecule has 0 saturated carbocycles. The number of hydrogen-bond donors (Lipinski definition) is 1. The number of rotatable bonds is 3. The number of benzene rings is 1. The lowest BCUT2D eigenvalue weighted by Gasteiger charge is -2.26. The summed E-state index contributed by atoms with van der Waals surface area (Å²) in [5.41, 5.74) is 7.91. The Morgan fingerprint density at radius 3 is 2.81 bits per heavy atom. The van der Waals surface area contributed by atoms with Crippen molar-refractivity contribution >= 4 is 16.6 Å². The highest BCUT2D eigenvalue weighted by molar-refractivity contribution is 5.91. The van der Waals surface area contributed by atoms with Crippen LogP contribution in [0.25, 0.3) is 10.9 Å². The van der Waals surface area contributed by atoms with Gasteiger partial charge in [0.05, 0.1) is 5.52 Å². The lowest BCUT2D eigenvalue weighted by Crippen LogP contribution is -2.35. The molecule has 2 N–H and O–H groups in total. The highest BCUT2D eigenvalue weighted by Gasteiger charge is 2.10. The highest BCUT2D eigenvalue weighted by Crippen LogP contribution is 2.25. The Morgan fingerprint density at radius 1 is 1.31 bits per heavy atom. The monoisotopic (exact) mass is 215 g/mol. The van der Waals surface area contributed by atoms with Crippen LogP contribution in [0.1, 0.15) is 6.92 Å². The Labute approximate surface area is 95.9 Å². The first-order valence-corrected chi connectivity index (χ1v) is 5.50. The maximum atomic E-state index is 5.70. The van der Waals surface area contributed by atoms with Gasteiger partial charge in [-0.05, 0) is 19.1 Å². The average Bonchev–Trinajstić information content (AvgIpc) is 2.36. The van der Waals surface area contributed by atoms with Crippen molar-refractivity contribution in [3.63, 3.8) is 0 Å². The number of fused-ring (bicyclic) bond motifs is 1. The smallest absolute Gasteiger partial charge is 0.0722 e. The van der Waals surface area contributed by atoms with Crippen LogP contribution in [0.4, 0.5) is 5.69 Å². The predicted octanol–water partition coefficient (Wildman–Crippen LogP) is 2.02. The number of nitrogens with two attached hydrogens (primary N) is 1. The van der Waals surface area contributed by atoms with Crippen LogP contribution in [0.2, 0.25) is 0 Å². The van der Waals surface area contributed by atoms with Gasteiger partial charge in [-0.15, -0.1) is 0 Å². The van der Waals surface area contributed by atoms with E-state index in [4.69, 9.17) is 5.73 Å². The highest BCUT2D eigenvalue weighted by atomic mass is 15.1. The zero-order chi connectivity index (χ0) is 11.5. The number of nitrogens with zero attached hydrogens (tertiary/aromatic N) is 2. The molecule has 1 unspecified atom stereocenters. The largest absolute Gasteiger partial charge is 0.370 e. The fourth-order valence-electron chi connectivity index (χ4n) is 1.78. The van der Waals surface area contributed by atoms with Crippen molar-refractivity contribution in [2.75, 3.05) is 18.5 Å². The molecule has 1 atom stereocenters. The molecular formula is C13H17N3. The van der Waals surface area contributed by atoms with Gasteiger partial charge in [0.1, 0.15) is 0 Å². The third kappa shape index (κ3) is 1.86. The summed E-state index contributed by atoms with van der Waals surface area (Å²) in [5.74, 6) is 0. The van der Waals surface area contributed by atoms with Gasteiger partial charge in [0.2, 0.25) is 0 Å². The lowest BCUT2D eigenvalue weighted by molar-refractivity contribution is 0.697. The van der Waals surface area contributed by atoms with E-state index in [0.717, 1.165) is 5.52 Å². The van der Waals surface area contributed by atoms with Crippen LogP contribution < -0.4 is 10.6 Å². The van der Waals surface area contributed by atoms with Crippen LogP contribution in [0.15, 0.2) is 36.5 Å². The molecule has 0 bridgehead atoms. The third-order valence-electron chi connectivity index (χ3n) is 3.01. The van der Waals surface area contributed by atoms with E-state index in [-0.39, 0.29) is 0 Å². The Hall–Kier alpha value is -1.61. The Balaban J connectivity index is 2.52. The van der Waals surface area contributed by atoms with Gasteiger partial charge in [-0.3, -0.25) is 4.98 Å². The second kappa shape index (κ2) is 4.49. The van der Waals surface area contributed by atoms with E-state index >= 15 is 0 Å². The maximum absolute atomic E-state index is 5.70. The van der Waals surface area contributed by atoms with Crippen LogP contribution in [-0.2, 0) is 0 Å². The van der Waals surface area contributed by atoms with E-state index in [1.807, 2.05) is 30.5 Å². The summed E-state index contributed by atoms with van der Waals surface area (Å²) < 4.78 is 0. The molecular weight excluding hydrogens is 198 g/mol. The summed E-state index contributed by atoms with van der Waals surface area (Å²) in [7, 11) is 2.07. The number of para-hydroxylation sites is 1. The number of anilines is 1. The van der Waals surface area contributed by atoms with Crippen molar-refractivity contribution in [2.45, 2.75) is 13.0 Å². The van der Waals surface area contributed by atoms with E-state index in [0.29, 0.717) is 12.6 Å². The summed E-state index contributed by atoms with van der Waals surface area (Å²) >= 11 is 0. The normalized spacial score (nSPS) is 12.7. The van der Waals surface area contributed by atoms with Gasteiger partial charge >= 0.3 is 0 Å². The van der Waals surface area contributed by atoms with Gasteiger partial charge in [0, 0.05) is 36.9 Å². The first kappa shape index (κ1) is 10.9. The topological polar surface area (TPSA) is 42.1 Å². The van der Waals surface area contributed by atoms with Crippen LogP contribution in [0.3, 0.4) is 0 Å². The average molecular weight is 215 g/mol. The van der Waals surface area contributed by atoms with Crippen molar-refractivity contribution in [2.24, 2.45) is 5.73 Å². The van der Waals surface area contributed by atoms with Crippen LogP contribution in [-0.4, -0.2) is 24.6 Å². The zero-order valence-electron chi connectivity index (χ0n) is 9.72. The molecule has 16 heavy (non-hydrogen) atoms. The van der Waals surface area contributed by atoms with Crippen LogP contribution in [0, 0.1) is 0 Å². The molecule has 2 rings (SSSR count). The minimum atomic E-state index is 0.325. The SMILES string of the molecule is CC(CN)N(C)c1ccnc2ccccc12. The summed E-state index contributed by atoms with van der Waals surface area (Å²) in [6.45, 7) is 2.77. The Morgan fingerprint density at radius 2 is 2.06 bits per heavy atom. The molecule has 2 aromatic rings. The van der Waals surface area contributed by atoms with Crippen LogP contribution >= 0.6 is 0 Å². The van der Waals surface area contributed by atoms with Crippen LogP contribution in [0.5, 0.6) is 0 Å². The first-order valence-electron chi connectivity index (χ1n) is 5.50. The van der Waals surface area contributed by atoms with Crippen molar-refractivity contribution in [1.29, 1.82) is 0 Å². The second-order valence-electron chi connectivity index (χ2n) is 4.04.